The molecule has 3 aliphatic rings. The van der Waals surface area contributed by atoms with Gasteiger partial charge < -0.3 is 14.5 Å². The van der Waals surface area contributed by atoms with E-state index in [1.807, 2.05) is 17.0 Å². The van der Waals surface area contributed by atoms with Gasteiger partial charge in [-0.25, -0.2) is 9.97 Å². The van der Waals surface area contributed by atoms with Crippen molar-refractivity contribution in [1.82, 2.24) is 14.9 Å². The van der Waals surface area contributed by atoms with E-state index in [-0.39, 0.29) is 16.5 Å². The molecule has 6 rings (SSSR count). The van der Waals surface area contributed by atoms with E-state index in [0.717, 1.165) is 46.9 Å². The monoisotopic (exact) mass is 436 g/mol. The Balaban J connectivity index is 1.33. The molecule has 1 aliphatic carbocycles. The molecule has 31 heavy (non-hydrogen) atoms. The highest BCUT2D eigenvalue weighted by atomic mass is 32.1. The van der Waals surface area contributed by atoms with Crippen molar-refractivity contribution in [3.63, 3.8) is 0 Å². The standard InChI is InChI=1S/C23H21FN4O2S/c24-20-4-3-19(31-20)16-12-25-22(26-13-16)28-14-23(5-6-23)17-2-1-15(11-18(17)28)21(29)27-7-9-30-10-8-27/h1-4,11-13H,5-10,14H2. The van der Waals surface area contributed by atoms with Gasteiger partial charge in [0, 0.05) is 59.1 Å². The van der Waals surface area contributed by atoms with Crippen molar-refractivity contribution >= 4 is 28.9 Å². The number of anilines is 2. The first-order valence-electron chi connectivity index (χ1n) is 10.5. The minimum absolute atomic E-state index is 0.0405. The molecule has 0 radical (unpaired) electrons. The number of hydrogen-bond donors (Lipinski definition) is 0. The van der Waals surface area contributed by atoms with Gasteiger partial charge in [-0.05, 0) is 42.7 Å². The number of thiophene rings is 1. The fourth-order valence-electron chi connectivity index (χ4n) is 4.57. The topological polar surface area (TPSA) is 58.6 Å². The summed E-state index contributed by atoms with van der Waals surface area (Å²) in [7, 11) is 0. The van der Waals surface area contributed by atoms with Gasteiger partial charge in [0.1, 0.15) is 0 Å². The number of fused-ring (bicyclic) bond motifs is 2. The third kappa shape index (κ3) is 3.21. The molecule has 0 unspecified atom stereocenters. The van der Waals surface area contributed by atoms with Crippen LogP contribution in [-0.4, -0.2) is 53.6 Å². The fraction of sp³-hybridized carbons (Fsp3) is 0.348. The summed E-state index contributed by atoms with van der Waals surface area (Å²) in [6.45, 7) is 3.24. The minimum Gasteiger partial charge on any atom is -0.378 e. The van der Waals surface area contributed by atoms with Crippen LogP contribution in [0, 0.1) is 5.13 Å². The molecular formula is C23H21FN4O2S. The number of benzene rings is 1. The lowest BCUT2D eigenvalue weighted by molar-refractivity contribution is 0.0303. The molecule has 1 spiro atoms. The number of ether oxygens (including phenoxy) is 1. The molecule has 0 atom stereocenters. The largest absolute Gasteiger partial charge is 0.378 e. The Hall–Kier alpha value is -2.84. The van der Waals surface area contributed by atoms with E-state index >= 15 is 0 Å². The molecule has 2 fully saturated rings. The summed E-state index contributed by atoms with van der Waals surface area (Å²) in [5.41, 5.74) is 3.93. The van der Waals surface area contributed by atoms with Crippen LogP contribution in [-0.2, 0) is 10.2 Å². The van der Waals surface area contributed by atoms with Crippen LogP contribution >= 0.6 is 11.3 Å². The van der Waals surface area contributed by atoms with Crippen LogP contribution in [0.25, 0.3) is 10.4 Å². The van der Waals surface area contributed by atoms with Gasteiger partial charge in [0.05, 0.1) is 13.2 Å². The zero-order valence-electron chi connectivity index (χ0n) is 16.9. The number of nitrogens with zero attached hydrogens (tertiary/aromatic N) is 4. The highest BCUT2D eigenvalue weighted by molar-refractivity contribution is 7.13. The van der Waals surface area contributed by atoms with Crippen LogP contribution in [0.15, 0.2) is 42.7 Å². The van der Waals surface area contributed by atoms with Crippen LogP contribution in [0.1, 0.15) is 28.8 Å². The van der Waals surface area contributed by atoms with Gasteiger partial charge in [0.15, 0.2) is 5.13 Å². The number of hydrogen-bond acceptors (Lipinski definition) is 6. The third-order valence-electron chi connectivity index (χ3n) is 6.46. The second-order valence-corrected chi connectivity index (χ2v) is 9.41. The van der Waals surface area contributed by atoms with Crippen molar-refractivity contribution in [3.8, 4) is 10.4 Å². The van der Waals surface area contributed by atoms with E-state index in [1.54, 1.807) is 18.5 Å². The van der Waals surface area contributed by atoms with Gasteiger partial charge in [-0.2, -0.15) is 4.39 Å². The first-order chi connectivity index (χ1) is 15.1. The Morgan fingerprint density at radius 2 is 1.87 bits per heavy atom. The quantitative estimate of drug-likeness (QED) is 0.621. The highest BCUT2D eigenvalue weighted by Gasteiger charge is 2.52. The molecule has 8 heteroatoms. The minimum atomic E-state index is -0.222. The van der Waals surface area contributed by atoms with E-state index in [1.165, 1.54) is 11.6 Å². The SMILES string of the molecule is O=C(c1ccc2c(c1)N(c1ncc(-c3ccc(F)s3)cn1)CC21CC1)N1CCOCC1. The lowest BCUT2D eigenvalue weighted by atomic mass is 9.97. The molecule has 4 heterocycles. The maximum atomic E-state index is 13.4. The van der Waals surface area contributed by atoms with Crippen LogP contribution in [0.2, 0.25) is 0 Å². The summed E-state index contributed by atoms with van der Waals surface area (Å²) < 4.78 is 18.7. The summed E-state index contributed by atoms with van der Waals surface area (Å²) in [6.07, 6.45) is 5.77. The number of aromatic nitrogens is 2. The number of amides is 1. The highest BCUT2D eigenvalue weighted by Crippen LogP contribution is 2.57. The zero-order chi connectivity index (χ0) is 21.0. The maximum absolute atomic E-state index is 13.4. The first kappa shape index (κ1) is 18.9. The van der Waals surface area contributed by atoms with Crippen LogP contribution in [0.4, 0.5) is 16.0 Å². The average Bonchev–Trinajstić information content (AvgIpc) is 3.35. The second-order valence-electron chi connectivity index (χ2n) is 8.38. The van der Waals surface area contributed by atoms with Crippen LogP contribution in [0.3, 0.4) is 0 Å². The molecule has 2 aliphatic heterocycles. The van der Waals surface area contributed by atoms with Crippen molar-refractivity contribution < 1.29 is 13.9 Å². The molecule has 2 aromatic heterocycles. The molecule has 0 N–H and O–H groups in total. The van der Waals surface area contributed by atoms with Gasteiger partial charge >= 0.3 is 0 Å². The molecule has 1 amide bonds. The van der Waals surface area contributed by atoms with E-state index in [2.05, 4.69) is 20.9 Å². The van der Waals surface area contributed by atoms with Crippen LogP contribution < -0.4 is 4.90 Å². The summed E-state index contributed by atoms with van der Waals surface area (Å²) in [4.78, 5) is 27.0. The van der Waals surface area contributed by atoms with Gasteiger partial charge in [-0.3, -0.25) is 4.79 Å². The van der Waals surface area contributed by atoms with Gasteiger partial charge in [0.25, 0.3) is 5.91 Å². The Morgan fingerprint density at radius 3 is 2.55 bits per heavy atom. The number of morpholine rings is 1. The van der Waals surface area contributed by atoms with Crippen molar-refractivity contribution in [2.45, 2.75) is 18.3 Å². The lowest BCUT2D eigenvalue weighted by Crippen LogP contribution is -2.40. The number of halogens is 1. The predicted molar refractivity (Wildman–Crippen MR) is 116 cm³/mol. The number of carbonyl (C=O) groups excluding carboxylic acids is 1. The molecule has 3 aromatic rings. The normalized spacial score (nSPS) is 19.0. The maximum Gasteiger partial charge on any atom is 0.254 e. The Kier molecular flexibility index (Phi) is 4.33. The Labute approximate surface area is 183 Å². The summed E-state index contributed by atoms with van der Waals surface area (Å²) in [5, 5.41) is -0.222. The lowest BCUT2D eigenvalue weighted by Gasteiger charge is -2.27. The smallest absolute Gasteiger partial charge is 0.254 e. The van der Waals surface area contributed by atoms with Crippen molar-refractivity contribution in [2.75, 3.05) is 37.7 Å². The summed E-state index contributed by atoms with van der Waals surface area (Å²) in [6, 6.07) is 9.25. The Morgan fingerprint density at radius 1 is 1.10 bits per heavy atom. The van der Waals surface area contributed by atoms with Crippen molar-refractivity contribution in [1.29, 1.82) is 0 Å². The third-order valence-corrected chi connectivity index (χ3v) is 7.38. The Bertz CT molecular complexity index is 1150. The van der Waals surface area contributed by atoms with E-state index in [9.17, 15) is 9.18 Å². The van der Waals surface area contributed by atoms with Crippen molar-refractivity contribution in [2.24, 2.45) is 0 Å². The molecule has 1 saturated carbocycles. The van der Waals surface area contributed by atoms with Gasteiger partial charge in [-0.1, -0.05) is 6.07 Å². The second kappa shape index (κ2) is 7.10. The molecular weight excluding hydrogens is 415 g/mol. The summed E-state index contributed by atoms with van der Waals surface area (Å²) in [5.74, 6) is 0.653. The first-order valence-corrected chi connectivity index (χ1v) is 11.3. The molecule has 158 valence electrons. The van der Waals surface area contributed by atoms with E-state index < -0.39 is 0 Å². The molecule has 6 nitrogen and oxygen atoms in total. The zero-order valence-corrected chi connectivity index (χ0v) is 17.7. The predicted octanol–water partition coefficient (Wildman–Crippen LogP) is 4.00. The summed E-state index contributed by atoms with van der Waals surface area (Å²) >= 11 is 1.08. The van der Waals surface area contributed by atoms with Gasteiger partial charge in [0.2, 0.25) is 5.95 Å². The number of rotatable bonds is 3. The molecule has 0 bridgehead atoms. The fourth-order valence-corrected chi connectivity index (χ4v) is 5.28. The molecule has 1 saturated heterocycles. The average molecular weight is 437 g/mol. The van der Waals surface area contributed by atoms with Gasteiger partial charge in [-0.15, -0.1) is 11.3 Å². The molecule has 1 aromatic carbocycles. The van der Waals surface area contributed by atoms with Crippen LogP contribution in [0.5, 0.6) is 0 Å². The van der Waals surface area contributed by atoms with Crippen molar-refractivity contribution in [3.05, 3.63) is 59.0 Å². The van der Waals surface area contributed by atoms with E-state index in [0.29, 0.717) is 37.8 Å². The number of carbonyl (C=O) groups is 1. The van der Waals surface area contributed by atoms with E-state index in [4.69, 9.17) is 4.74 Å².